The number of anilines is 1. The van der Waals surface area contributed by atoms with Crippen molar-refractivity contribution in [2.24, 2.45) is 5.41 Å². The summed E-state index contributed by atoms with van der Waals surface area (Å²) in [4.78, 5) is 17.6. The molecule has 3 fully saturated rings. The molecule has 0 unspecified atom stereocenters. The minimum Gasteiger partial charge on any atom is -0.490 e. The van der Waals surface area contributed by atoms with Crippen molar-refractivity contribution < 1.29 is 9.53 Å². The summed E-state index contributed by atoms with van der Waals surface area (Å²) in [6.45, 7) is 7.92. The van der Waals surface area contributed by atoms with Gasteiger partial charge in [-0.2, -0.15) is 5.26 Å². The van der Waals surface area contributed by atoms with Gasteiger partial charge in [-0.25, -0.2) is 0 Å². The van der Waals surface area contributed by atoms with Crippen molar-refractivity contribution in [3.63, 3.8) is 0 Å². The summed E-state index contributed by atoms with van der Waals surface area (Å²) in [7, 11) is 0. The van der Waals surface area contributed by atoms with Crippen LogP contribution in [0.15, 0.2) is 30.3 Å². The summed E-state index contributed by atoms with van der Waals surface area (Å²) in [5, 5.41) is 21.1. The molecule has 8 nitrogen and oxygen atoms in total. The first kappa shape index (κ1) is 25.7. The van der Waals surface area contributed by atoms with E-state index in [1.807, 2.05) is 6.07 Å². The van der Waals surface area contributed by atoms with E-state index in [9.17, 15) is 4.79 Å². The van der Waals surface area contributed by atoms with E-state index in [0.717, 1.165) is 44.6 Å². The third-order valence-corrected chi connectivity index (χ3v) is 8.40. The Labute approximate surface area is 223 Å². The van der Waals surface area contributed by atoms with Gasteiger partial charge in [0, 0.05) is 30.6 Å². The molecular weight excluding hydrogens is 488 g/mol. The van der Waals surface area contributed by atoms with Gasteiger partial charge in [0.25, 0.3) is 5.91 Å². The molecule has 1 spiro atoms. The molecule has 0 radical (unpaired) electrons. The Hall–Kier alpha value is -2.89. The topological polar surface area (TPSA) is 94.4 Å². The molecule has 9 heteroatoms. The Balaban J connectivity index is 1.05. The molecule has 3 aliphatic rings. The van der Waals surface area contributed by atoms with Crippen molar-refractivity contribution in [3.05, 3.63) is 46.6 Å². The molecule has 1 aromatic carbocycles. The molecule has 1 saturated carbocycles. The van der Waals surface area contributed by atoms with Gasteiger partial charge in [-0.1, -0.05) is 18.5 Å². The number of nitrogens with zero attached hydrogens (tertiary/aromatic N) is 5. The van der Waals surface area contributed by atoms with Crippen LogP contribution < -0.4 is 15.0 Å². The van der Waals surface area contributed by atoms with Gasteiger partial charge in [-0.05, 0) is 88.8 Å². The highest BCUT2D eigenvalue weighted by Crippen LogP contribution is 2.42. The first-order chi connectivity index (χ1) is 18.0. The Bertz CT molecular complexity index is 1130. The number of aromatic nitrogens is 2. The highest BCUT2D eigenvalue weighted by Gasteiger charge is 2.45. The van der Waals surface area contributed by atoms with E-state index in [4.69, 9.17) is 21.6 Å². The van der Waals surface area contributed by atoms with E-state index in [1.165, 1.54) is 38.9 Å². The van der Waals surface area contributed by atoms with E-state index in [1.54, 1.807) is 24.3 Å². The normalized spacial score (nSPS) is 23.2. The number of nitrogens with one attached hydrogen (secondary N) is 1. The van der Waals surface area contributed by atoms with Crippen molar-refractivity contribution in [2.45, 2.75) is 64.0 Å². The van der Waals surface area contributed by atoms with Gasteiger partial charge in [0.15, 0.2) is 11.5 Å². The fraction of sp³-hybridized carbons (Fsp3) is 0.571. The summed E-state index contributed by atoms with van der Waals surface area (Å²) in [5.74, 6) is 1.35. The molecule has 5 rings (SSSR count). The lowest BCUT2D eigenvalue weighted by molar-refractivity contribution is 0.0759. The second-order valence-electron chi connectivity index (χ2n) is 10.8. The fourth-order valence-electron chi connectivity index (χ4n) is 5.86. The van der Waals surface area contributed by atoms with Gasteiger partial charge in [0.2, 0.25) is 0 Å². The van der Waals surface area contributed by atoms with Gasteiger partial charge in [0.1, 0.15) is 11.8 Å². The maximum Gasteiger partial charge on any atom is 0.272 e. The molecule has 196 valence electrons. The van der Waals surface area contributed by atoms with Crippen LogP contribution in [0.3, 0.4) is 0 Å². The fourth-order valence-corrected chi connectivity index (χ4v) is 6.07. The molecule has 1 amide bonds. The maximum atomic E-state index is 12.8. The highest BCUT2D eigenvalue weighted by atomic mass is 35.5. The highest BCUT2D eigenvalue weighted by molar-refractivity contribution is 6.31. The Morgan fingerprint density at radius 3 is 2.54 bits per heavy atom. The van der Waals surface area contributed by atoms with Crippen LogP contribution in [0.4, 0.5) is 5.82 Å². The number of benzene rings is 1. The number of carbonyl (C=O) groups is 1. The van der Waals surface area contributed by atoms with Gasteiger partial charge in [-0.3, -0.25) is 4.79 Å². The zero-order valence-electron chi connectivity index (χ0n) is 21.5. The van der Waals surface area contributed by atoms with Crippen LogP contribution in [0.2, 0.25) is 5.02 Å². The second-order valence-corrected chi connectivity index (χ2v) is 11.2. The number of rotatable bonds is 7. The largest absolute Gasteiger partial charge is 0.490 e. The number of likely N-dealkylation sites (tertiary alicyclic amines) is 1. The number of carbonyl (C=O) groups excluding carboxylic acids is 1. The van der Waals surface area contributed by atoms with Gasteiger partial charge in [0.05, 0.1) is 16.7 Å². The molecule has 0 bridgehead atoms. The number of hydrogen-bond acceptors (Lipinski definition) is 7. The van der Waals surface area contributed by atoms with Crippen LogP contribution in [0.1, 0.15) is 67.9 Å². The van der Waals surface area contributed by atoms with Crippen LogP contribution in [-0.4, -0.2) is 65.9 Å². The van der Waals surface area contributed by atoms with Crippen molar-refractivity contribution in [1.29, 1.82) is 5.26 Å². The third-order valence-electron chi connectivity index (χ3n) is 8.09. The number of nitriles is 1. The summed E-state index contributed by atoms with van der Waals surface area (Å²) in [5.41, 5.74) is 1.22. The van der Waals surface area contributed by atoms with Crippen LogP contribution in [0.25, 0.3) is 0 Å². The number of halogens is 1. The molecule has 2 aromatic rings. The Morgan fingerprint density at radius 1 is 1.16 bits per heavy atom. The van der Waals surface area contributed by atoms with Crippen LogP contribution in [0.5, 0.6) is 5.75 Å². The zero-order chi connectivity index (χ0) is 25.8. The Morgan fingerprint density at radius 2 is 1.92 bits per heavy atom. The minimum atomic E-state index is -0.175. The monoisotopic (exact) mass is 522 g/mol. The van der Waals surface area contributed by atoms with E-state index in [2.05, 4.69) is 38.3 Å². The summed E-state index contributed by atoms with van der Waals surface area (Å²) in [6, 6.07) is 11.0. The number of piperidine rings is 1. The van der Waals surface area contributed by atoms with Crippen molar-refractivity contribution in [1.82, 2.24) is 20.4 Å². The molecule has 1 aliphatic carbocycles. The first-order valence-corrected chi connectivity index (χ1v) is 13.8. The van der Waals surface area contributed by atoms with E-state index < -0.39 is 0 Å². The smallest absolute Gasteiger partial charge is 0.272 e. The molecular formula is C28H35ClN6O2. The lowest BCUT2D eigenvalue weighted by Crippen LogP contribution is -2.60. The average molecular weight is 523 g/mol. The summed E-state index contributed by atoms with van der Waals surface area (Å²) in [6.07, 6.45) is 7.13. The second kappa shape index (κ2) is 11.2. The number of amides is 1. The lowest BCUT2D eigenvalue weighted by atomic mass is 9.72. The average Bonchev–Trinajstić information content (AvgIpc) is 2.89. The van der Waals surface area contributed by atoms with E-state index in [0.29, 0.717) is 27.4 Å². The lowest BCUT2D eigenvalue weighted by Gasteiger charge is -2.54. The van der Waals surface area contributed by atoms with Crippen LogP contribution in [0, 0.1) is 16.7 Å². The van der Waals surface area contributed by atoms with Gasteiger partial charge < -0.3 is 19.9 Å². The molecule has 1 N–H and O–H groups in total. The molecule has 37 heavy (non-hydrogen) atoms. The maximum absolute atomic E-state index is 12.8. The SMILES string of the molecule is CCCN1CCC2(CC1)CN(c1ccc(C(=O)NC3CCC(Oc4ccc(C#N)c(Cl)c4)CC3)nn1)C2. The number of hydrogen-bond donors (Lipinski definition) is 1. The van der Waals surface area contributed by atoms with Crippen molar-refractivity contribution in [3.8, 4) is 11.8 Å². The summed E-state index contributed by atoms with van der Waals surface area (Å²) < 4.78 is 6.05. The molecule has 0 atom stereocenters. The first-order valence-electron chi connectivity index (χ1n) is 13.5. The van der Waals surface area contributed by atoms with Crippen molar-refractivity contribution >= 4 is 23.3 Å². The van der Waals surface area contributed by atoms with Gasteiger partial charge in [-0.15, -0.1) is 10.2 Å². The van der Waals surface area contributed by atoms with E-state index in [-0.39, 0.29) is 18.1 Å². The number of ether oxygens (including phenoxy) is 1. The zero-order valence-corrected chi connectivity index (χ0v) is 22.2. The standard InChI is InChI=1S/C28H35ClN6O2/c1-2-13-34-14-11-28(12-15-34)18-35(19-28)26-10-9-25(32-33-26)27(36)31-21-4-7-22(8-5-21)37-23-6-3-20(17-30)24(29)16-23/h3,6,9-10,16,21-22H,2,4-5,7-8,11-15,18-19H2,1H3,(H,31,36). The van der Waals surface area contributed by atoms with Crippen LogP contribution >= 0.6 is 11.6 Å². The predicted molar refractivity (Wildman–Crippen MR) is 143 cm³/mol. The molecule has 3 heterocycles. The third kappa shape index (κ3) is 6.00. The van der Waals surface area contributed by atoms with Crippen molar-refractivity contribution in [2.75, 3.05) is 37.6 Å². The van der Waals surface area contributed by atoms with E-state index >= 15 is 0 Å². The quantitative estimate of drug-likeness (QED) is 0.574. The molecule has 2 aliphatic heterocycles. The molecule has 1 aromatic heterocycles. The van der Waals surface area contributed by atoms with Crippen LogP contribution in [-0.2, 0) is 0 Å². The Kier molecular flexibility index (Phi) is 7.82. The minimum absolute atomic E-state index is 0.0648. The molecule has 2 saturated heterocycles. The summed E-state index contributed by atoms with van der Waals surface area (Å²) >= 11 is 6.11. The van der Waals surface area contributed by atoms with Gasteiger partial charge >= 0.3 is 0 Å². The predicted octanol–water partition coefficient (Wildman–Crippen LogP) is 4.43.